The minimum atomic E-state index is 0.103. The Morgan fingerprint density at radius 2 is 1.86 bits per heavy atom. The standard InChI is InChI=1S/C21H21N/c1-21(2)14-12-18-17-10-6-7-11-19(17)22(20(18)13-15-21)16-8-4-3-5-9-16/h3-4,6-8,10-15H,5,9H2,1-2H3. The lowest BCUT2D eigenvalue weighted by atomic mass is 9.93. The summed E-state index contributed by atoms with van der Waals surface area (Å²) in [5.74, 6) is 0. The van der Waals surface area contributed by atoms with Gasteiger partial charge in [0.1, 0.15) is 0 Å². The fourth-order valence-electron chi connectivity index (χ4n) is 3.36. The molecule has 1 aromatic heterocycles. The molecule has 1 aromatic carbocycles. The van der Waals surface area contributed by atoms with Crippen LogP contribution in [-0.2, 0) is 0 Å². The van der Waals surface area contributed by atoms with Crippen molar-refractivity contribution in [1.29, 1.82) is 0 Å². The molecule has 0 amide bonds. The van der Waals surface area contributed by atoms with Gasteiger partial charge in [0, 0.05) is 22.1 Å². The van der Waals surface area contributed by atoms with Gasteiger partial charge in [-0.05, 0) is 31.1 Å². The van der Waals surface area contributed by atoms with Gasteiger partial charge in [-0.3, -0.25) is 0 Å². The highest BCUT2D eigenvalue weighted by molar-refractivity contribution is 5.97. The molecule has 0 saturated carbocycles. The number of allylic oxidation sites excluding steroid dienone is 6. The Hall–Kier alpha value is -2.28. The van der Waals surface area contributed by atoms with E-state index >= 15 is 0 Å². The molecular weight excluding hydrogens is 266 g/mol. The van der Waals surface area contributed by atoms with Gasteiger partial charge in [0.25, 0.3) is 0 Å². The van der Waals surface area contributed by atoms with Gasteiger partial charge in [0.05, 0.1) is 11.2 Å². The quantitative estimate of drug-likeness (QED) is 0.615. The van der Waals surface area contributed by atoms with Crippen LogP contribution in [0.3, 0.4) is 0 Å². The molecule has 1 heteroatoms. The van der Waals surface area contributed by atoms with E-state index < -0.39 is 0 Å². The van der Waals surface area contributed by atoms with Gasteiger partial charge < -0.3 is 4.57 Å². The van der Waals surface area contributed by atoms with Gasteiger partial charge >= 0.3 is 0 Å². The van der Waals surface area contributed by atoms with Crippen LogP contribution in [0.2, 0.25) is 0 Å². The van der Waals surface area contributed by atoms with E-state index in [9.17, 15) is 0 Å². The van der Waals surface area contributed by atoms with Gasteiger partial charge in [0.2, 0.25) is 0 Å². The van der Waals surface area contributed by atoms with E-state index in [0.29, 0.717) is 0 Å². The van der Waals surface area contributed by atoms with E-state index in [1.54, 1.807) is 0 Å². The maximum atomic E-state index is 2.44. The normalized spacial score (nSPS) is 19.1. The Morgan fingerprint density at radius 1 is 1.05 bits per heavy atom. The van der Waals surface area contributed by atoms with Crippen LogP contribution in [0.25, 0.3) is 28.8 Å². The molecule has 0 unspecified atom stereocenters. The Morgan fingerprint density at radius 3 is 2.68 bits per heavy atom. The smallest absolute Gasteiger partial charge is 0.0537 e. The third kappa shape index (κ3) is 2.09. The van der Waals surface area contributed by atoms with E-state index in [1.165, 1.54) is 27.9 Å². The number of hydrogen-bond acceptors (Lipinski definition) is 0. The van der Waals surface area contributed by atoms with Crippen LogP contribution in [0.15, 0.2) is 54.6 Å². The molecule has 4 rings (SSSR count). The van der Waals surface area contributed by atoms with Crippen LogP contribution in [0.5, 0.6) is 0 Å². The molecule has 0 aliphatic heterocycles. The highest BCUT2D eigenvalue weighted by atomic mass is 15.0. The lowest BCUT2D eigenvalue weighted by molar-refractivity contribution is 0.633. The molecule has 0 N–H and O–H groups in total. The second-order valence-electron chi connectivity index (χ2n) is 6.76. The molecule has 22 heavy (non-hydrogen) atoms. The van der Waals surface area contributed by atoms with Gasteiger partial charge in [0.15, 0.2) is 0 Å². The summed E-state index contributed by atoms with van der Waals surface area (Å²) in [4.78, 5) is 0. The number of rotatable bonds is 1. The largest absolute Gasteiger partial charge is 0.313 e. The second-order valence-corrected chi connectivity index (χ2v) is 6.76. The predicted molar refractivity (Wildman–Crippen MR) is 96.4 cm³/mol. The maximum Gasteiger partial charge on any atom is 0.0537 e. The van der Waals surface area contributed by atoms with Crippen LogP contribution in [0, 0.1) is 5.41 Å². The first-order chi connectivity index (χ1) is 10.7. The summed E-state index contributed by atoms with van der Waals surface area (Å²) in [6.07, 6.45) is 18.1. The van der Waals surface area contributed by atoms with E-state index in [4.69, 9.17) is 0 Å². The topological polar surface area (TPSA) is 4.93 Å². The number of benzene rings is 1. The maximum absolute atomic E-state index is 2.44. The molecule has 1 heterocycles. The van der Waals surface area contributed by atoms with E-state index in [-0.39, 0.29) is 5.41 Å². The van der Waals surface area contributed by atoms with Crippen molar-refractivity contribution in [1.82, 2.24) is 4.57 Å². The molecular formula is C21H21N. The van der Waals surface area contributed by atoms with E-state index in [1.807, 2.05) is 0 Å². The fraction of sp³-hybridized carbons (Fsp3) is 0.238. The van der Waals surface area contributed by atoms with Gasteiger partial charge in [-0.1, -0.05) is 62.4 Å². The molecule has 2 aliphatic carbocycles. The van der Waals surface area contributed by atoms with Crippen molar-refractivity contribution in [3.8, 4) is 0 Å². The fourth-order valence-corrected chi connectivity index (χ4v) is 3.36. The van der Waals surface area contributed by atoms with Crippen LogP contribution in [-0.4, -0.2) is 4.57 Å². The summed E-state index contributed by atoms with van der Waals surface area (Å²) >= 11 is 0. The van der Waals surface area contributed by atoms with Gasteiger partial charge in [-0.2, -0.15) is 0 Å². The number of hydrogen-bond donors (Lipinski definition) is 0. The van der Waals surface area contributed by atoms with Crippen LogP contribution < -0.4 is 0 Å². The number of fused-ring (bicyclic) bond motifs is 3. The molecule has 0 spiro atoms. The number of aromatic nitrogens is 1. The zero-order chi connectivity index (χ0) is 15.2. The number of nitrogens with zero attached hydrogens (tertiary/aromatic N) is 1. The molecule has 0 fully saturated rings. The Balaban J connectivity index is 2.05. The average Bonchev–Trinajstić information content (AvgIpc) is 2.76. The molecule has 1 nitrogen and oxygen atoms in total. The predicted octanol–water partition coefficient (Wildman–Crippen LogP) is 5.90. The van der Waals surface area contributed by atoms with Crippen LogP contribution in [0.4, 0.5) is 0 Å². The van der Waals surface area contributed by atoms with E-state index in [0.717, 1.165) is 12.8 Å². The Kier molecular flexibility index (Phi) is 2.97. The monoisotopic (exact) mass is 287 g/mol. The molecule has 0 atom stereocenters. The summed E-state index contributed by atoms with van der Waals surface area (Å²) in [5.41, 5.74) is 5.45. The SMILES string of the molecule is CC1(C)C=Cc2c(n(C3=CC=CCC3)c3ccccc23)C=C1. The summed E-state index contributed by atoms with van der Waals surface area (Å²) in [5, 5.41) is 1.34. The summed E-state index contributed by atoms with van der Waals surface area (Å²) in [6, 6.07) is 8.74. The van der Waals surface area contributed by atoms with Gasteiger partial charge in [-0.15, -0.1) is 0 Å². The molecule has 2 aliphatic rings. The van der Waals surface area contributed by atoms with Crippen molar-refractivity contribution < 1.29 is 0 Å². The lowest BCUT2D eigenvalue weighted by Gasteiger charge is -2.16. The highest BCUT2D eigenvalue weighted by Crippen LogP contribution is 2.37. The second kappa shape index (κ2) is 4.88. The first-order valence-electron chi connectivity index (χ1n) is 8.04. The van der Waals surface area contributed by atoms with Crippen molar-refractivity contribution in [2.24, 2.45) is 5.41 Å². The summed E-state index contributed by atoms with van der Waals surface area (Å²) < 4.78 is 2.44. The molecule has 2 aromatic rings. The first-order valence-corrected chi connectivity index (χ1v) is 8.04. The van der Waals surface area contributed by atoms with E-state index in [2.05, 4.69) is 85.2 Å². The Bertz CT molecular complexity index is 853. The zero-order valence-electron chi connectivity index (χ0n) is 13.2. The minimum Gasteiger partial charge on any atom is -0.313 e. The summed E-state index contributed by atoms with van der Waals surface area (Å²) in [7, 11) is 0. The minimum absolute atomic E-state index is 0.103. The third-order valence-corrected chi connectivity index (χ3v) is 4.58. The molecule has 110 valence electrons. The van der Waals surface area contributed by atoms with Crippen molar-refractivity contribution in [2.45, 2.75) is 26.7 Å². The van der Waals surface area contributed by atoms with Crippen molar-refractivity contribution >= 4 is 28.8 Å². The van der Waals surface area contributed by atoms with Crippen LogP contribution in [0.1, 0.15) is 37.9 Å². The molecule has 0 saturated heterocycles. The summed E-state index contributed by atoms with van der Waals surface area (Å²) in [6.45, 7) is 4.50. The number of para-hydroxylation sites is 1. The van der Waals surface area contributed by atoms with Crippen molar-refractivity contribution in [2.75, 3.05) is 0 Å². The molecule has 0 bridgehead atoms. The van der Waals surface area contributed by atoms with Crippen molar-refractivity contribution in [3.05, 3.63) is 65.9 Å². The Labute approximate surface area is 132 Å². The van der Waals surface area contributed by atoms with Crippen molar-refractivity contribution in [3.63, 3.8) is 0 Å². The molecule has 0 radical (unpaired) electrons. The van der Waals surface area contributed by atoms with Crippen LogP contribution >= 0.6 is 0 Å². The zero-order valence-corrected chi connectivity index (χ0v) is 13.2. The third-order valence-electron chi connectivity index (χ3n) is 4.58. The highest BCUT2D eigenvalue weighted by Gasteiger charge is 2.20. The lowest BCUT2D eigenvalue weighted by Crippen LogP contribution is -2.02. The first kappa shape index (κ1) is 13.4. The average molecular weight is 287 g/mol. The van der Waals surface area contributed by atoms with Gasteiger partial charge in [-0.25, -0.2) is 0 Å².